The van der Waals surface area contributed by atoms with E-state index >= 15 is 0 Å². The summed E-state index contributed by atoms with van der Waals surface area (Å²) in [7, 11) is 0. The lowest BCUT2D eigenvalue weighted by Gasteiger charge is -2.35. The molecule has 0 unspecified atom stereocenters. The fourth-order valence-corrected chi connectivity index (χ4v) is 3.68. The van der Waals surface area contributed by atoms with Crippen molar-refractivity contribution in [2.75, 3.05) is 39.5 Å². The highest BCUT2D eigenvalue weighted by Gasteiger charge is 2.23. The van der Waals surface area contributed by atoms with E-state index in [0.29, 0.717) is 44.1 Å². The molecule has 0 aromatic heterocycles. The van der Waals surface area contributed by atoms with Gasteiger partial charge in [0.15, 0.2) is 0 Å². The van der Waals surface area contributed by atoms with Crippen LogP contribution in [-0.4, -0.2) is 55.6 Å². The predicted octanol–water partition coefficient (Wildman–Crippen LogP) is 3.54. The van der Waals surface area contributed by atoms with Crippen molar-refractivity contribution >= 4 is 0 Å². The molecule has 1 fully saturated rings. The Labute approximate surface area is 153 Å². The van der Waals surface area contributed by atoms with E-state index in [4.69, 9.17) is 9.47 Å². The van der Waals surface area contributed by atoms with E-state index in [0.717, 1.165) is 18.8 Å². The Morgan fingerprint density at radius 3 is 2.32 bits per heavy atom. The maximum absolute atomic E-state index is 10.2. The number of nitrogens with zero attached hydrogens (tertiary/aromatic N) is 1. The SMILES string of the molecule is CC(C)c1ccc(OCCOC[C@H](O)CN2C[C@H](C)C[C@@H](C)C2)cc1. The van der Waals surface area contributed by atoms with Crippen molar-refractivity contribution in [3.05, 3.63) is 29.8 Å². The number of likely N-dealkylation sites (tertiary alicyclic amines) is 1. The summed E-state index contributed by atoms with van der Waals surface area (Å²) < 4.78 is 11.3. The summed E-state index contributed by atoms with van der Waals surface area (Å²) in [4.78, 5) is 2.36. The molecule has 142 valence electrons. The number of aliphatic hydroxyl groups excluding tert-OH is 1. The second-order valence-electron chi connectivity index (χ2n) is 7.97. The van der Waals surface area contributed by atoms with Gasteiger partial charge in [0, 0.05) is 19.6 Å². The Kier molecular flexibility index (Phi) is 8.20. The molecule has 1 aliphatic heterocycles. The van der Waals surface area contributed by atoms with Crippen LogP contribution in [-0.2, 0) is 4.74 Å². The maximum Gasteiger partial charge on any atom is 0.119 e. The number of piperidine rings is 1. The van der Waals surface area contributed by atoms with Crippen LogP contribution in [0.3, 0.4) is 0 Å². The van der Waals surface area contributed by atoms with E-state index in [-0.39, 0.29) is 0 Å². The summed E-state index contributed by atoms with van der Waals surface area (Å²) in [6.07, 6.45) is 0.862. The Morgan fingerprint density at radius 1 is 1.08 bits per heavy atom. The zero-order valence-electron chi connectivity index (χ0n) is 16.3. The minimum Gasteiger partial charge on any atom is -0.491 e. The Bertz CT molecular complexity index is 478. The third-order valence-electron chi connectivity index (χ3n) is 4.77. The number of rotatable bonds is 9. The van der Waals surface area contributed by atoms with E-state index < -0.39 is 6.10 Å². The minimum atomic E-state index is -0.428. The number of β-amino-alcohol motifs (C(OH)–C–C–N with tert-alkyl or cyclic N) is 1. The first-order valence-electron chi connectivity index (χ1n) is 9.65. The van der Waals surface area contributed by atoms with Crippen molar-refractivity contribution in [2.45, 2.75) is 46.1 Å². The van der Waals surface area contributed by atoms with Gasteiger partial charge in [-0.25, -0.2) is 0 Å². The molecule has 1 aromatic rings. The lowest BCUT2D eigenvalue weighted by Crippen LogP contribution is -2.43. The van der Waals surface area contributed by atoms with E-state index in [1.807, 2.05) is 12.1 Å². The molecule has 0 aliphatic carbocycles. The third kappa shape index (κ3) is 7.35. The molecule has 2 rings (SSSR count). The topological polar surface area (TPSA) is 41.9 Å². The summed E-state index contributed by atoms with van der Waals surface area (Å²) in [5.74, 6) is 2.83. The molecule has 1 aliphatic rings. The molecule has 0 bridgehead atoms. The smallest absolute Gasteiger partial charge is 0.119 e. The molecule has 4 nitrogen and oxygen atoms in total. The number of hydrogen-bond donors (Lipinski definition) is 1. The van der Waals surface area contributed by atoms with Crippen molar-refractivity contribution in [1.29, 1.82) is 0 Å². The average molecular weight is 350 g/mol. The van der Waals surface area contributed by atoms with Crippen molar-refractivity contribution < 1.29 is 14.6 Å². The number of ether oxygens (including phenoxy) is 2. The first-order valence-corrected chi connectivity index (χ1v) is 9.65. The van der Waals surface area contributed by atoms with Gasteiger partial charge in [-0.1, -0.05) is 39.8 Å². The van der Waals surface area contributed by atoms with Gasteiger partial charge in [0.2, 0.25) is 0 Å². The summed E-state index contributed by atoms with van der Waals surface area (Å²) in [6.45, 7) is 13.2. The normalized spacial score (nSPS) is 23.0. The van der Waals surface area contributed by atoms with E-state index in [1.54, 1.807) is 0 Å². The summed E-state index contributed by atoms with van der Waals surface area (Å²) in [5.41, 5.74) is 1.31. The van der Waals surface area contributed by atoms with E-state index in [9.17, 15) is 5.11 Å². The largest absolute Gasteiger partial charge is 0.491 e. The molecule has 3 atom stereocenters. The average Bonchev–Trinajstić information content (AvgIpc) is 2.54. The van der Waals surface area contributed by atoms with Gasteiger partial charge >= 0.3 is 0 Å². The summed E-state index contributed by atoms with van der Waals surface area (Å²) in [6, 6.07) is 8.21. The molecular formula is C21H35NO3. The molecule has 1 aromatic carbocycles. The number of benzene rings is 1. The highest BCUT2D eigenvalue weighted by atomic mass is 16.5. The van der Waals surface area contributed by atoms with Crippen LogP contribution >= 0.6 is 0 Å². The van der Waals surface area contributed by atoms with Crippen molar-refractivity contribution in [3.8, 4) is 5.75 Å². The third-order valence-corrected chi connectivity index (χ3v) is 4.77. The van der Waals surface area contributed by atoms with Gasteiger partial charge < -0.3 is 19.5 Å². The lowest BCUT2D eigenvalue weighted by atomic mass is 9.92. The van der Waals surface area contributed by atoms with Gasteiger partial charge in [-0.2, -0.15) is 0 Å². The fourth-order valence-electron chi connectivity index (χ4n) is 3.68. The van der Waals surface area contributed by atoms with Crippen LogP contribution in [0.25, 0.3) is 0 Å². The standard InChI is InChI=1S/C21H35NO3/c1-16(2)19-5-7-21(8-6-19)25-10-9-24-15-20(23)14-22-12-17(3)11-18(4)13-22/h5-8,16-18,20,23H,9-15H2,1-4H3/t17-,18-,20-/m1/s1. The highest BCUT2D eigenvalue weighted by molar-refractivity contribution is 5.28. The van der Waals surface area contributed by atoms with Gasteiger partial charge in [0.1, 0.15) is 12.4 Å². The molecule has 0 radical (unpaired) electrons. The first-order chi connectivity index (χ1) is 11.9. The van der Waals surface area contributed by atoms with Gasteiger partial charge in [-0.3, -0.25) is 0 Å². The molecule has 1 heterocycles. The zero-order valence-corrected chi connectivity index (χ0v) is 16.3. The fraction of sp³-hybridized carbons (Fsp3) is 0.714. The predicted molar refractivity (Wildman–Crippen MR) is 102 cm³/mol. The van der Waals surface area contributed by atoms with Gasteiger partial charge in [-0.15, -0.1) is 0 Å². The summed E-state index contributed by atoms with van der Waals surface area (Å²) in [5, 5.41) is 10.2. The molecule has 25 heavy (non-hydrogen) atoms. The molecule has 0 saturated carbocycles. The molecule has 1 saturated heterocycles. The minimum absolute atomic E-state index is 0.370. The van der Waals surface area contributed by atoms with Crippen LogP contribution in [0.15, 0.2) is 24.3 Å². The Morgan fingerprint density at radius 2 is 1.72 bits per heavy atom. The van der Waals surface area contributed by atoms with E-state index in [1.165, 1.54) is 12.0 Å². The highest BCUT2D eigenvalue weighted by Crippen LogP contribution is 2.21. The quantitative estimate of drug-likeness (QED) is 0.693. The maximum atomic E-state index is 10.2. The van der Waals surface area contributed by atoms with Gasteiger partial charge in [-0.05, 0) is 41.9 Å². The van der Waals surface area contributed by atoms with Gasteiger partial charge in [0.25, 0.3) is 0 Å². The first kappa shape index (κ1) is 20.2. The number of aliphatic hydroxyl groups is 1. The van der Waals surface area contributed by atoms with Crippen LogP contribution < -0.4 is 4.74 Å². The van der Waals surface area contributed by atoms with E-state index in [2.05, 4.69) is 44.7 Å². The van der Waals surface area contributed by atoms with Crippen LogP contribution in [0.4, 0.5) is 0 Å². The molecule has 1 N–H and O–H groups in total. The van der Waals surface area contributed by atoms with Crippen LogP contribution in [0.5, 0.6) is 5.75 Å². The Balaban J connectivity index is 1.57. The molecule has 4 heteroatoms. The summed E-state index contributed by atoms with van der Waals surface area (Å²) >= 11 is 0. The second-order valence-corrected chi connectivity index (χ2v) is 7.97. The van der Waals surface area contributed by atoms with Crippen molar-refractivity contribution in [3.63, 3.8) is 0 Å². The Hall–Kier alpha value is -1.10. The lowest BCUT2D eigenvalue weighted by molar-refractivity contribution is -0.00211. The van der Waals surface area contributed by atoms with Crippen LogP contribution in [0.1, 0.15) is 45.6 Å². The van der Waals surface area contributed by atoms with Crippen LogP contribution in [0.2, 0.25) is 0 Å². The van der Waals surface area contributed by atoms with Crippen molar-refractivity contribution in [1.82, 2.24) is 4.90 Å². The number of hydrogen-bond acceptors (Lipinski definition) is 4. The second kappa shape index (κ2) is 10.1. The molecule has 0 amide bonds. The molecule has 0 spiro atoms. The zero-order chi connectivity index (χ0) is 18.2. The molecular weight excluding hydrogens is 314 g/mol. The van der Waals surface area contributed by atoms with Crippen LogP contribution in [0, 0.1) is 11.8 Å². The monoisotopic (exact) mass is 349 g/mol. The van der Waals surface area contributed by atoms with Crippen molar-refractivity contribution in [2.24, 2.45) is 11.8 Å². The van der Waals surface area contributed by atoms with Gasteiger partial charge in [0.05, 0.1) is 19.3 Å².